The smallest absolute Gasteiger partial charge is 0.253 e. The summed E-state index contributed by atoms with van der Waals surface area (Å²) in [4.78, 5) is 30.4. The molecule has 158 valence electrons. The maximum Gasteiger partial charge on any atom is 0.253 e. The Hall–Kier alpha value is -1.84. The maximum absolute atomic E-state index is 13.3. The van der Waals surface area contributed by atoms with E-state index in [1.165, 1.54) is 12.0 Å². The minimum atomic E-state index is 0.168. The lowest BCUT2D eigenvalue weighted by atomic mass is 9.71. The quantitative estimate of drug-likeness (QED) is 0.734. The summed E-state index contributed by atoms with van der Waals surface area (Å²) in [5.74, 6) is 2.01. The van der Waals surface area contributed by atoms with Crippen molar-refractivity contribution in [2.75, 3.05) is 13.1 Å². The van der Waals surface area contributed by atoms with Gasteiger partial charge in [-0.15, -0.1) is 0 Å². The number of piperidine rings is 3. The first kappa shape index (κ1) is 20.4. The maximum atomic E-state index is 13.3. The normalized spacial score (nSPS) is 29.2. The van der Waals surface area contributed by atoms with E-state index >= 15 is 0 Å². The monoisotopic (exact) mass is 396 g/mol. The molecule has 1 aromatic carbocycles. The summed E-state index contributed by atoms with van der Waals surface area (Å²) in [6.45, 7) is 8.25. The first-order valence-electron chi connectivity index (χ1n) is 11.7. The zero-order valence-electron chi connectivity index (χ0n) is 18.3. The fourth-order valence-electron chi connectivity index (χ4n) is 6.05. The van der Waals surface area contributed by atoms with Crippen LogP contribution in [0.15, 0.2) is 24.3 Å². The van der Waals surface area contributed by atoms with Crippen LogP contribution in [0.5, 0.6) is 0 Å². The molecule has 4 rings (SSSR count). The Balaban J connectivity index is 1.52. The third-order valence-corrected chi connectivity index (χ3v) is 7.21. The van der Waals surface area contributed by atoms with Crippen molar-refractivity contribution in [1.82, 2.24) is 9.80 Å². The van der Waals surface area contributed by atoms with Gasteiger partial charge in [-0.05, 0) is 67.6 Å². The standard InChI is InChI=1S/C25H36N2O2/c1-4-6-22-20-14-21(23-7-5-8-24(28)27(22)23)16-26(15-20)25(29)19-11-9-18(10-12-19)13-17(2)3/h9-12,17,20-23H,4-8,13-16H2,1-3H3/t20-,21+,22-,23-/m0/s1. The predicted molar refractivity (Wildman–Crippen MR) is 116 cm³/mol. The number of hydrogen-bond acceptors (Lipinski definition) is 2. The molecular formula is C25H36N2O2. The second-order valence-corrected chi connectivity index (χ2v) is 9.88. The van der Waals surface area contributed by atoms with Crippen molar-refractivity contribution >= 4 is 11.8 Å². The summed E-state index contributed by atoms with van der Waals surface area (Å²) in [7, 11) is 0. The zero-order valence-corrected chi connectivity index (χ0v) is 18.3. The third kappa shape index (κ3) is 4.08. The highest BCUT2D eigenvalue weighted by molar-refractivity contribution is 5.94. The van der Waals surface area contributed by atoms with Crippen LogP contribution >= 0.6 is 0 Å². The van der Waals surface area contributed by atoms with Gasteiger partial charge in [0, 0.05) is 37.2 Å². The summed E-state index contributed by atoms with van der Waals surface area (Å²) in [6, 6.07) is 8.89. The van der Waals surface area contributed by atoms with Crippen molar-refractivity contribution in [3.63, 3.8) is 0 Å². The largest absolute Gasteiger partial charge is 0.338 e. The average molecular weight is 397 g/mol. The minimum Gasteiger partial charge on any atom is -0.338 e. The van der Waals surface area contributed by atoms with E-state index in [9.17, 15) is 9.59 Å². The molecule has 2 amide bonds. The van der Waals surface area contributed by atoms with Gasteiger partial charge >= 0.3 is 0 Å². The average Bonchev–Trinajstić information content (AvgIpc) is 2.71. The topological polar surface area (TPSA) is 40.6 Å². The second kappa shape index (κ2) is 8.49. The molecule has 1 aromatic rings. The number of nitrogens with zero attached hydrogens (tertiary/aromatic N) is 2. The van der Waals surface area contributed by atoms with Crippen LogP contribution in [0.1, 0.15) is 75.2 Å². The van der Waals surface area contributed by atoms with Crippen molar-refractivity contribution in [3.8, 4) is 0 Å². The van der Waals surface area contributed by atoms with Gasteiger partial charge < -0.3 is 9.80 Å². The summed E-state index contributed by atoms with van der Waals surface area (Å²) in [6.07, 6.45) is 7.20. The Kier molecular flexibility index (Phi) is 5.98. The molecule has 4 heteroatoms. The molecule has 3 saturated heterocycles. The fraction of sp³-hybridized carbons (Fsp3) is 0.680. The Labute approximate surface area is 175 Å². The molecule has 4 nitrogen and oxygen atoms in total. The molecule has 3 aliphatic heterocycles. The van der Waals surface area contributed by atoms with Crippen molar-refractivity contribution in [2.45, 2.75) is 77.8 Å². The fourth-order valence-corrected chi connectivity index (χ4v) is 6.05. The molecule has 0 N–H and O–H groups in total. The molecule has 0 aliphatic carbocycles. The van der Waals surface area contributed by atoms with Gasteiger partial charge in [-0.1, -0.05) is 39.3 Å². The van der Waals surface area contributed by atoms with E-state index < -0.39 is 0 Å². The summed E-state index contributed by atoms with van der Waals surface area (Å²) in [5, 5.41) is 0. The number of rotatable bonds is 5. The number of carbonyl (C=O) groups excluding carboxylic acids is 2. The second-order valence-electron chi connectivity index (χ2n) is 9.88. The molecule has 29 heavy (non-hydrogen) atoms. The van der Waals surface area contributed by atoms with Crippen LogP contribution < -0.4 is 0 Å². The number of hydrogen-bond donors (Lipinski definition) is 0. The van der Waals surface area contributed by atoms with Crippen LogP contribution in [-0.4, -0.2) is 46.8 Å². The van der Waals surface area contributed by atoms with Gasteiger partial charge in [0.1, 0.15) is 0 Å². The first-order chi connectivity index (χ1) is 14.0. The van der Waals surface area contributed by atoms with Crippen molar-refractivity contribution in [3.05, 3.63) is 35.4 Å². The van der Waals surface area contributed by atoms with Crippen LogP contribution in [-0.2, 0) is 11.2 Å². The highest BCUT2D eigenvalue weighted by Gasteiger charge is 2.49. The van der Waals surface area contributed by atoms with Crippen LogP contribution in [0.3, 0.4) is 0 Å². The van der Waals surface area contributed by atoms with Gasteiger partial charge in [0.15, 0.2) is 0 Å². The van der Waals surface area contributed by atoms with E-state index in [-0.39, 0.29) is 5.91 Å². The van der Waals surface area contributed by atoms with Gasteiger partial charge in [-0.3, -0.25) is 9.59 Å². The SMILES string of the molecule is CCC[C@H]1[C@H]2C[C@H](CN(C(=O)c3ccc(CC(C)C)cc3)C2)[C@@H]2CCCC(=O)N21. The van der Waals surface area contributed by atoms with Gasteiger partial charge in [-0.25, -0.2) is 0 Å². The van der Waals surface area contributed by atoms with Gasteiger partial charge in [0.2, 0.25) is 5.91 Å². The van der Waals surface area contributed by atoms with E-state index in [2.05, 4.69) is 42.7 Å². The summed E-state index contributed by atoms with van der Waals surface area (Å²) >= 11 is 0. The number of likely N-dealkylation sites (tertiary alicyclic amines) is 1. The number of amides is 2. The van der Waals surface area contributed by atoms with Crippen LogP contribution in [0, 0.1) is 17.8 Å². The molecular weight excluding hydrogens is 360 g/mol. The lowest BCUT2D eigenvalue weighted by molar-refractivity contribution is -0.152. The van der Waals surface area contributed by atoms with E-state index in [0.29, 0.717) is 42.2 Å². The van der Waals surface area contributed by atoms with Crippen molar-refractivity contribution in [1.29, 1.82) is 0 Å². The van der Waals surface area contributed by atoms with Crippen molar-refractivity contribution in [2.24, 2.45) is 17.8 Å². The number of fused-ring (bicyclic) bond motifs is 4. The predicted octanol–water partition coefficient (Wildman–Crippen LogP) is 4.53. The van der Waals surface area contributed by atoms with Crippen molar-refractivity contribution < 1.29 is 9.59 Å². The molecule has 4 atom stereocenters. The lowest BCUT2D eigenvalue weighted by Crippen LogP contribution is -2.65. The van der Waals surface area contributed by atoms with Gasteiger partial charge in [0.25, 0.3) is 5.91 Å². The Morgan fingerprint density at radius 3 is 2.55 bits per heavy atom. The highest BCUT2D eigenvalue weighted by Crippen LogP contribution is 2.43. The first-order valence-corrected chi connectivity index (χ1v) is 11.7. The van der Waals surface area contributed by atoms with E-state index in [0.717, 1.165) is 50.8 Å². The molecule has 3 aliphatic rings. The van der Waals surface area contributed by atoms with E-state index in [4.69, 9.17) is 0 Å². The lowest BCUT2D eigenvalue weighted by Gasteiger charge is -2.56. The van der Waals surface area contributed by atoms with Crippen LogP contribution in [0.4, 0.5) is 0 Å². The highest BCUT2D eigenvalue weighted by atomic mass is 16.2. The molecule has 3 fully saturated rings. The van der Waals surface area contributed by atoms with Crippen LogP contribution in [0.25, 0.3) is 0 Å². The summed E-state index contributed by atoms with van der Waals surface area (Å²) in [5.41, 5.74) is 2.10. The van der Waals surface area contributed by atoms with E-state index in [1.807, 2.05) is 12.1 Å². The zero-order chi connectivity index (χ0) is 20.5. The molecule has 0 saturated carbocycles. The Morgan fingerprint density at radius 1 is 1.14 bits per heavy atom. The Bertz CT molecular complexity index is 742. The molecule has 0 radical (unpaired) electrons. The molecule has 2 bridgehead atoms. The third-order valence-electron chi connectivity index (χ3n) is 7.21. The Morgan fingerprint density at radius 2 is 1.86 bits per heavy atom. The van der Waals surface area contributed by atoms with E-state index in [1.54, 1.807) is 0 Å². The molecule has 0 spiro atoms. The number of benzene rings is 1. The molecule has 0 unspecified atom stereocenters. The van der Waals surface area contributed by atoms with Gasteiger partial charge in [0.05, 0.1) is 0 Å². The minimum absolute atomic E-state index is 0.168. The number of carbonyl (C=O) groups is 2. The van der Waals surface area contributed by atoms with Crippen LogP contribution in [0.2, 0.25) is 0 Å². The molecule has 0 aromatic heterocycles. The molecule has 3 heterocycles. The van der Waals surface area contributed by atoms with Gasteiger partial charge in [-0.2, -0.15) is 0 Å². The summed E-state index contributed by atoms with van der Waals surface area (Å²) < 4.78 is 0.